The predicted octanol–water partition coefficient (Wildman–Crippen LogP) is 2.90. The summed E-state index contributed by atoms with van der Waals surface area (Å²) in [5, 5.41) is 11.6. The third-order valence-corrected chi connectivity index (χ3v) is 4.02. The Morgan fingerprint density at radius 1 is 1.29 bits per heavy atom. The second-order valence-corrected chi connectivity index (χ2v) is 5.93. The zero-order valence-electron chi connectivity index (χ0n) is 15.2. The third kappa shape index (κ3) is 3.83. The first-order valence-corrected chi connectivity index (χ1v) is 8.47. The molecule has 0 aliphatic carbocycles. The molecule has 0 saturated heterocycles. The maximum Gasteiger partial charge on any atom is 0.338 e. The minimum atomic E-state index is -0.779. The second kappa shape index (κ2) is 7.87. The average Bonchev–Trinajstić information content (AvgIpc) is 2.67. The molecule has 9 nitrogen and oxygen atoms in total. The molecule has 1 heterocycles. The number of hydrogen-bond donors (Lipinski definition) is 1. The minimum absolute atomic E-state index is 0.00512. The summed E-state index contributed by atoms with van der Waals surface area (Å²) in [6.07, 6.45) is 0. The second-order valence-electron chi connectivity index (χ2n) is 5.93. The van der Waals surface area contributed by atoms with Gasteiger partial charge in [-0.15, -0.1) is 0 Å². The number of aryl methyl sites for hydroxylation is 1. The lowest BCUT2D eigenvalue weighted by Crippen LogP contribution is -2.15. The van der Waals surface area contributed by atoms with Gasteiger partial charge in [0.15, 0.2) is 5.75 Å². The van der Waals surface area contributed by atoms with Crippen LogP contribution in [0.3, 0.4) is 0 Å². The fourth-order valence-corrected chi connectivity index (χ4v) is 2.70. The maximum atomic E-state index is 12.3. The lowest BCUT2D eigenvalue weighted by molar-refractivity contribution is -0.385. The van der Waals surface area contributed by atoms with E-state index in [1.54, 1.807) is 19.1 Å². The first-order chi connectivity index (χ1) is 13.4. The van der Waals surface area contributed by atoms with E-state index in [2.05, 4.69) is 9.97 Å². The molecule has 3 rings (SSSR count). The molecular weight excluding hydrogens is 366 g/mol. The van der Waals surface area contributed by atoms with Crippen molar-refractivity contribution in [2.75, 3.05) is 6.61 Å². The largest absolute Gasteiger partial charge is 0.487 e. The van der Waals surface area contributed by atoms with Gasteiger partial charge in [0.2, 0.25) is 0 Å². The summed E-state index contributed by atoms with van der Waals surface area (Å²) < 4.78 is 10.3. The number of nitrogens with zero attached hydrogens (tertiary/aromatic N) is 2. The standard InChI is InChI=1S/C19H17N3O6/c1-3-27-15-8-7-12(9-14(15)22(25)26)19(24)28-10-16-20-17-11(2)5-4-6-13(17)18(23)21-16/h4-9H,3,10H2,1-2H3,(H,20,21,23). The Bertz CT molecular complexity index is 1120. The van der Waals surface area contributed by atoms with Crippen LogP contribution in [0.1, 0.15) is 28.7 Å². The van der Waals surface area contributed by atoms with E-state index in [-0.39, 0.29) is 41.6 Å². The molecule has 144 valence electrons. The van der Waals surface area contributed by atoms with Crippen LogP contribution in [0, 0.1) is 17.0 Å². The number of aromatic amines is 1. The van der Waals surface area contributed by atoms with Crippen LogP contribution in [0.15, 0.2) is 41.2 Å². The first-order valence-electron chi connectivity index (χ1n) is 8.47. The van der Waals surface area contributed by atoms with Crippen LogP contribution in [0.25, 0.3) is 10.9 Å². The number of benzene rings is 2. The topological polar surface area (TPSA) is 124 Å². The SMILES string of the molecule is CCOc1ccc(C(=O)OCc2nc3c(C)cccc3c(=O)[nH]2)cc1[N+](=O)[O-]. The third-order valence-electron chi connectivity index (χ3n) is 4.02. The molecule has 0 atom stereocenters. The molecule has 1 aromatic heterocycles. The molecule has 1 N–H and O–H groups in total. The number of ether oxygens (including phenoxy) is 2. The molecule has 9 heteroatoms. The highest BCUT2D eigenvalue weighted by molar-refractivity contribution is 5.90. The highest BCUT2D eigenvalue weighted by Gasteiger charge is 2.19. The van der Waals surface area contributed by atoms with Gasteiger partial charge in [-0.25, -0.2) is 9.78 Å². The van der Waals surface area contributed by atoms with Gasteiger partial charge >= 0.3 is 11.7 Å². The van der Waals surface area contributed by atoms with Crippen molar-refractivity contribution in [2.24, 2.45) is 0 Å². The Morgan fingerprint density at radius 3 is 2.79 bits per heavy atom. The Labute approximate surface area is 159 Å². The molecule has 0 spiro atoms. The van der Waals surface area contributed by atoms with E-state index in [1.807, 2.05) is 13.0 Å². The number of esters is 1. The van der Waals surface area contributed by atoms with E-state index >= 15 is 0 Å². The van der Waals surface area contributed by atoms with Crippen molar-refractivity contribution in [1.29, 1.82) is 0 Å². The van der Waals surface area contributed by atoms with Gasteiger partial charge in [-0.2, -0.15) is 0 Å². The number of aromatic nitrogens is 2. The Kier molecular flexibility index (Phi) is 5.35. The van der Waals surface area contributed by atoms with Gasteiger partial charge in [0.1, 0.15) is 12.4 Å². The summed E-state index contributed by atoms with van der Waals surface area (Å²) in [6, 6.07) is 9.05. The fourth-order valence-electron chi connectivity index (χ4n) is 2.70. The van der Waals surface area contributed by atoms with Crippen LogP contribution in [-0.2, 0) is 11.3 Å². The quantitative estimate of drug-likeness (QED) is 0.394. The van der Waals surface area contributed by atoms with Crippen LogP contribution >= 0.6 is 0 Å². The number of nitrogens with one attached hydrogen (secondary N) is 1. The first kappa shape index (κ1) is 19.0. The van der Waals surface area contributed by atoms with Crippen molar-refractivity contribution >= 4 is 22.6 Å². The number of carbonyl (C=O) groups is 1. The number of nitro groups is 1. The Hall–Kier alpha value is -3.75. The summed E-state index contributed by atoms with van der Waals surface area (Å²) in [7, 11) is 0. The smallest absolute Gasteiger partial charge is 0.338 e. The zero-order valence-corrected chi connectivity index (χ0v) is 15.2. The van der Waals surface area contributed by atoms with Gasteiger partial charge in [0, 0.05) is 6.07 Å². The molecule has 3 aromatic rings. The van der Waals surface area contributed by atoms with Crippen molar-refractivity contribution in [1.82, 2.24) is 9.97 Å². The molecule has 0 radical (unpaired) electrons. The highest BCUT2D eigenvalue weighted by Crippen LogP contribution is 2.28. The Morgan fingerprint density at radius 2 is 2.07 bits per heavy atom. The number of H-pyrrole nitrogens is 1. The number of carbonyl (C=O) groups excluding carboxylic acids is 1. The summed E-state index contributed by atoms with van der Waals surface area (Å²) in [4.78, 5) is 41.9. The van der Waals surface area contributed by atoms with Crippen molar-refractivity contribution < 1.29 is 19.2 Å². The molecule has 0 fully saturated rings. The highest BCUT2D eigenvalue weighted by atomic mass is 16.6. The molecule has 0 saturated carbocycles. The molecule has 0 aliphatic rings. The van der Waals surface area contributed by atoms with Crippen molar-refractivity contribution in [3.05, 3.63) is 73.8 Å². The van der Waals surface area contributed by atoms with Crippen molar-refractivity contribution in [3.63, 3.8) is 0 Å². The minimum Gasteiger partial charge on any atom is -0.487 e. The number of nitro benzene ring substituents is 1. The van der Waals surface area contributed by atoms with Gasteiger partial charge in [-0.05, 0) is 37.6 Å². The van der Waals surface area contributed by atoms with E-state index in [1.165, 1.54) is 12.1 Å². The van der Waals surface area contributed by atoms with Crippen molar-refractivity contribution in [2.45, 2.75) is 20.5 Å². The lowest BCUT2D eigenvalue weighted by atomic mass is 10.1. The molecule has 28 heavy (non-hydrogen) atoms. The molecule has 0 aliphatic heterocycles. The van der Waals surface area contributed by atoms with E-state index in [0.29, 0.717) is 10.9 Å². The van der Waals surface area contributed by atoms with Crippen LogP contribution in [0.4, 0.5) is 5.69 Å². The van der Waals surface area contributed by atoms with Gasteiger partial charge in [0.05, 0.1) is 28.0 Å². The van der Waals surface area contributed by atoms with E-state index in [9.17, 15) is 19.7 Å². The van der Waals surface area contributed by atoms with Crippen LogP contribution in [0.5, 0.6) is 5.75 Å². The summed E-state index contributed by atoms with van der Waals surface area (Å²) in [5.41, 5.74) is 0.669. The van der Waals surface area contributed by atoms with Gasteiger partial charge in [-0.3, -0.25) is 14.9 Å². The number of fused-ring (bicyclic) bond motifs is 1. The Balaban J connectivity index is 1.82. The summed E-state index contributed by atoms with van der Waals surface area (Å²) in [5.74, 6) is -0.528. The molecule has 2 aromatic carbocycles. The summed E-state index contributed by atoms with van der Waals surface area (Å²) in [6.45, 7) is 3.50. The average molecular weight is 383 g/mol. The van der Waals surface area contributed by atoms with Crippen LogP contribution in [0.2, 0.25) is 0 Å². The monoisotopic (exact) mass is 383 g/mol. The maximum absolute atomic E-state index is 12.3. The number of rotatable bonds is 6. The summed E-state index contributed by atoms with van der Waals surface area (Å²) >= 11 is 0. The van der Waals surface area contributed by atoms with E-state index in [0.717, 1.165) is 11.6 Å². The molecule has 0 unspecified atom stereocenters. The zero-order chi connectivity index (χ0) is 20.3. The number of para-hydroxylation sites is 1. The fraction of sp³-hybridized carbons (Fsp3) is 0.211. The van der Waals surface area contributed by atoms with Gasteiger partial charge in [-0.1, -0.05) is 12.1 Å². The molecule has 0 amide bonds. The lowest BCUT2D eigenvalue weighted by Gasteiger charge is -2.08. The van der Waals surface area contributed by atoms with E-state index in [4.69, 9.17) is 9.47 Å². The molecular formula is C19H17N3O6. The molecule has 0 bridgehead atoms. The van der Waals surface area contributed by atoms with Crippen LogP contribution < -0.4 is 10.3 Å². The normalized spacial score (nSPS) is 10.6. The van der Waals surface area contributed by atoms with Crippen LogP contribution in [-0.4, -0.2) is 27.5 Å². The van der Waals surface area contributed by atoms with Crippen molar-refractivity contribution in [3.8, 4) is 5.75 Å². The van der Waals surface area contributed by atoms with E-state index < -0.39 is 10.9 Å². The van der Waals surface area contributed by atoms with Gasteiger partial charge in [0.25, 0.3) is 5.56 Å². The number of hydrogen-bond acceptors (Lipinski definition) is 7. The predicted molar refractivity (Wildman–Crippen MR) is 100 cm³/mol. The van der Waals surface area contributed by atoms with Gasteiger partial charge < -0.3 is 14.5 Å².